The topological polar surface area (TPSA) is 66.4 Å². The van der Waals surface area contributed by atoms with E-state index >= 15 is 0 Å². The summed E-state index contributed by atoms with van der Waals surface area (Å²) in [7, 11) is 0. The minimum Gasteiger partial charge on any atom is -0.481 e. The van der Waals surface area contributed by atoms with Gasteiger partial charge >= 0.3 is 5.97 Å². The van der Waals surface area contributed by atoms with Gasteiger partial charge in [0.05, 0.1) is 0 Å². The van der Waals surface area contributed by atoms with Crippen LogP contribution in [-0.2, 0) is 4.79 Å². The minimum absolute atomic E-state index is 0.0693. The maximum absolute atomic E-state index is 12.1. The summed E-state index contributed by atoms with van der Waals surface area (Å²) in [4.78, 5) is 22.5. The maximum Gasteiger partial charge on any atom is 0.303 e. The largest absolute Gasteiger partial charge is 0.481 e. The van der Waals surface area contributed by atoms with Crippen LogP contribution < -0.4 is 5.32 Å². The van der Waals surface area contributed by atoms with Crippen LogP contribution in [0.3, 0.4) is 0 Å². The Hall–Kier alpha value is -2.62. The Morgan fingerprint density at radius 3 is 2.08 bits per heavy atom. The summed E-state index contributed by atoms with van der Waals surface area (Å²) in [5.41, 5.74) is 2.87. The molecule has 0 bridgehead atoms. The molecule has 0 radical (unpaired) electrons. The Morgan fingerprint density at radius 1 is 0.792 bits per heavy atom. The molecule has 0 fully saturated rings. The van der Waals surface area contributed by atoms with Gasteiger partial charge in [0.1, 0.15) is 0 Å². The predicted octanol–water partition coefficient (Wildman–Crippen LogP) is 4.12. The van der Waals surface area contributed by atoms with E-state index in [4.69, 9.17) is 5.11 Å². The van der Waals surface area contributed by atoms with Gasteiger partial charge in [0.2, 0.25) is 0 Å². The third-order valence-corrected chi connectivity index (χ3v) is 3.86. The summed E-state index contributed by atoms with van der Waals surface area (Å²) in [6, 6.07) is 17.6. The fourth-order valence-corrected chi connectivity index (χ4v) is 2.50. The molecular weight excluding hydrogens is 302 g/mol. The number of aliphatic carboxylic acids is 1. The molecule has 0 saturated heterocycles. The van der Waals surface area contributed by atoms with E-state index in [0.717, 1.165) is 30.4 Å². The number of benzene rings is 2. The van der Waals surface area contributed by atoms with Crippen molar-refractivity contribution in [1.29, 1.82) is 0 Å². The molecule has 0 heterocycles. The smallest absolute Gasteiger partial charge is 0.303 e. The molecule has 0 aliphatic carbocycles. The third kappa shape index (κ3) is 5.88. The molecule has 24 heavy (non-hydrogen) atoms. The summed E-state index contributed by atoms with van der Waals surface area (Å²) in [5.74, 6) is -0.817. The third-order valence-electron chi connectivity index (χ3n) is 3.86. The molecule has 126 valence electrons. The normalized spacial score (nSPS) is 10.3. The van der Waals surface area contributed by atoms with E-state index in [1.807, 2.05) is 54.6 Å². The SMILES string of the molecule is O=C(O)CCCCCCNC(=O)c1ccc(-c2ccccc2)cc1. The molecule has 0 aliphatic rings. The number of unbranched alkanes of at least 4 members (excludes halogenated alkanes) is 3. The van der Waals surface area contributed by atoms with Crippen molar-refractivity contribution in [2.75, 3.05) is 6.54 Å². The maximum atomic E-state index is 12.1. The van der Waals surface area contributed by atoms with Gasteiger partial charge in [-0.25, -0.2) is 0 Å². The highest BCUT2D eigenvalue weighted by atomic mass is 16.4. The molecule has 1 amide bonds. The molecule has 0 aliphatic heterocycles. The number of nitrogens with one attached hydrogen (secondary N) is 1. The van der Waals surface area contributed by atoms with Crippen LogP contribution in [0.1, 0.15) is 42.5 Å². The summed E-state index contributed by atoms with van der Waals surface area (Å²) >= 11 is 0. The highest BCUT2D eigenvalue weighted by Gasteiger charge is 2.05. The number of carbonyl (C=O) groups is 2. The molecular formula is C20H23NO3. The van der Waals surface area contributed by atoms with E-state index < -0.39 is 5.97 Å². The van der Waals surface area contributed by atoms with E-state index in [-0.39, 0.29) is 12.3 Å². The first-order valence-electron chi connectivity index (χ1n) is 8.32. The number of rotatable bonds is 9. The summed E-state index contributed by atoms with van der Waals surface area (Å²) < 4.78 is 0. The monoisotopic (exact) mass is 325 g/mol. The summed E-state index contributed by atoms with van der Waals surface area (Å²) in [6.45, 7) is 0.617. The molecule has 4 heteroatoms. The van der Waals surface area contributed by atoms with Crippen LogP contribution in [-0.4, -0.2) is 23.5 Å². The number of carbonyl (C=O) groups excluding carboxylic acids is 1. The first kappa shape index (κ1) is 17.7. The Labute approximate surface area is 142 Å². The fraction of sp³-hybridized carbons (Fsp3) is 0.300. The first-order chi connectivity index (χ1) is 11.7. The number of hydrogen-bond acceptors (Lipinski definition) is 2. The van der Waals surface area contributed by atoms with Gasteiger partial charge in [-0.1, -0.05) is 55.3 Å². The van der Waals surface area contributed by atoms with Crippen LogP contribution in [0.2, 0.25) is 0 Å². The van der Waals surface area contributed by atoms with E-state index in [0.29, 0.717) is 18.5 Å². The molecule has 4 nitrogen and oxygen atoms in total. The van der Waals surface area contributed by atoms with Crippen molar-refractivity contribution in [1.82, 2.24) is 5.32 Å². The molecule has 2 rings (SSSR count). The van der Waals surface area contributed by atoms with Gasteiger partial charge in [-0.3, -0.25) is 9.59 Å². The first-order valence-corrected chi connectivity index (χ1v) is 8.32. The second kappa shape index (κ2) is 9.50. The van der Waals surface area contributed by atoms with Crippen LogP contribution >= 0.6 is 0 Å². The fourth-order valence-electron chi connectivity index (χ4n) is 2.50. The Kier molecular flexibility index (Phi) is 7.02. The van der Waals surface area contributed by atoms with Crippen molar-refractivity contribution in [2.45, 2.75) is 32.1 Å². The number of amides is 1. The minimum atomic E-state index is -0.748. The average molecular weight is 325 g/mol. The van der Waals surface area contributed by atoms with Crippen LogP contribution in [0.5, 0.6) is 0 Å². The van der Waals surface area contributed by atoms with Crippen molar-refractivity contribution in [3.63, 3.8) is 0 Å². The Morgan fingerprint density at radius 2 is 1.42 bits per heavy atom. The van der Waals surface area contributed by atoms with Gasteiger partial charge in [-0.2, -0.15) is 0 Å². The number of hydrogen-bond donors (Lipinski definition) is 2. The molecule has 2 N–H and O–H groups in total. The van der Waals surface area contributed by atoms with Gasteiger partial charge in [-0.15, -0.1) is 0 Å². The van der Waals surface area contributed by atoms with Gasteiger partial charge in [0.15, 0.2) is 0 Å². The standard InChI is InChI=1S/C20H23NO3/c22-19(23)10-6-1-2-7-15-21-20(24)18-13-11-17(12-14-18)16-8-4-3-5-9-16/h3-5,8-9,11-14H,1-2,6-7,10,15H2,(H,21,24)(H,22,23). The van der Waals surface area contributed by atoms with Crippen molar-refractivity contribution in [3.05, 3.63) is 60.2 Å². The Bertz CT molecular complexity index is 650. The van der Waals surface area contributed by atoms with Crippen molar-refractivity contribution in [2.24, 2.45) is 0 Å². The predicted molar refractivity (Wildman–Crippen MR) is 94.9 cm³/mol. The number of carboxylic acid groups (broad SMARTS) is 1. The van der Waals surface area contributed by atoms with E-state index in [9.17, 15) is 9.59 Å². The molecule has 2 aromatic rings. The number of carboxylic acids is 1. The summed E-state index contributed by atoms with van der Waals surface area (Å²) in [5, 5.41) is 11.5. The molecule has 2 aromatic carbocycles. The second-order valence-electron chi connectivity index (χ2n) is 5.76. The van der Waals surface area contributed by atoms with Crippen LogP contribution in [0, 0.1) is 0 Å². The highest BCUT2D eigenvalue weighted by molar-refractivity contribution is 5.94. The van der Waals surface area contributed by atoms with E-state index in [1.165, 1.54) is 0 Å². The average Bonchev–Trinajstić information content (AvgIpc) is 2.61. The summed E-state index contributed by atoms with van der Waals surface area (Å²) in [6.07, 6.45) is 3.60. The molecule has 0 spiro atoms. The lowest BCUT2D eigenvalue weighted by molar-refractivity contribution is -0.137. The lowest BCUT2D eigenvalue weighted by Gasteiger charge is -2.06. The van der Waals surface area contributed by atoms with Crippen LogP contribution in [0.4, 0.5) is 0 Å². The zero-order valence-electron chi connectivity index (χ0n) is 13.7. The quantitative estimate of drug-likeness (QED) is 0.682. The second-order valence-corrected chi connectivity index (χ2v) is 5.76. The van der Waals surface area contributed by atoms with Gasteiger partial charge in [-0.05, 0) is 36.1 Å². The highest BCUT2D eigenvalue weighted by Crippen LogP contribution is 2.19. The van der Waals surface area contributed by atoms with Crippen molar-refractivity contribution >= 4 is 11.9 Å². The van der Waals surface area contributed by atoms with Gasteiger partial charge < -0.3 is 10.4 Å². The van der Waals surface area contributed by atoms with E-state index in [2.05, 4.69) is 5.32 Å². The van der Waals surface area contributed by atoms with Crippen molar-refractivity contribution in [3.8, 4) is 11.1 Å². The Balaban J connectivity index is 1.72. The lowest BCUT2D eigenvalue weighted by Crippen LogP contribution is -2.24. The molecule has 0 unspecified atom stereocenters. The zero-order chi connectivity index (χ0) is 17.2. The van der Waals surface area contributed by atoms with Crippen LogP contribution in [0.25, 0.3) is 11.1 Å². The molecule has 0 atom stereocenters. The molecule has 0 aromatic heterocycles. The van der Waals surface area contributed by atoms with Crippen LogP contribution in [0.15, 0.2) is 54.6 Å². The molecule has 0 saturated carbocycles. The van der Waals surface area contributed by atoms with E-state index in [1.54, 1.807) is 0 Å². The zero-order valence-corrected chi connectivity index (χ0v) is 13.7. The van der Waals surface area contributed by atoms with Gasteiger partial charge in [0, 0.05) is 18.5 Å². The van der Waals surface area contributed by atoms with Crippen molar-refractivity contribution < 1.29 is 14.7 Å². The van der Waals surface area contributed by atoms with Gasteiger partial charge in [0.25, 0.3) is 5.91 Å². The lowest BCUT2D eigenvalue weighted by atomic mass is 10.0.